The second-order valence-electron chi connectivity index (χ2n) is 5.73. The summed E-state index contributed by atoms with van der Waals surface area (Å²) >= 11 is 0. The molecule has 2 aromatic carbocycles. The topological polar surface area (TPSA) is 140 Å². The van der Waals surface area contributed by atoms with Crippen molar-refractivity contribution < 1.29 is 19.4 Å². The molecule has 0 heterocycles. The number of methoxy groups -OCH3 is 1. The van der Waals surface area contributed by atoms with E-state index < -0.39 is 5.97 Å². The molecule has 2 rings (SSSR count). The van der Waals surface area contributed by atoms with Crippen LogP contribution in [0.5, 0.6) is 5.75 Å². The van der Waals surface area contributed by atoms with E-state index in [-0.39, 0.29) is 23.2 Å². The first-order chi connectivity index (χ1) is 12.4. The Labute approximate surface area is 150 Å². The van der Waals surface area contributed by atoms with Crippen molar-refractivity contribution in [3.8, 4) is 5.75 Å². The number of esters is 1. The molecule has 0 aliphatic heterocycles. The number of hydrogen-bond donors (Lipinski definition) is 4. The molecule has 0 spiro atoms. The van der Waals surface area contributed by atoms with E-state index in [1.807, 2.05) is 0 Å². The molecule has 138 valence electrons. The summed E-state index contributed by atoms with van der Waals surface area (Å²) in [6, 6.07) is 8.04. The van der Waals surface area contributed by atoms with Crippen molar-refractivity contribution in [2.24, 2.45) is 16.5 Å². The summed E-state index contributed by atoms with van der Waals surface area (Å²) in [7, 11) is 1.28. The lowest BCUT2D eigenvalue weighted by atomic mass is 10.0. The number of unbranched alkanes of at least 4 members (excludes halogenated alkanes) is 1. The van der Waals surface area contributed by atoms with Gasteiger partial charge < -0.3 is 26.6 Å². The quantitative estimate of drug-likeness (QED) is 0.257. The maximum atomic E-state index is 12.0. The van der Waals surface area contributed by atoms with Crippen molar-refractivity contribution in [2.75, 3.05) is 19.0 Å². The molecule has 6 N–H and O–H groups in total. The van der Waals surface area contributed by atoms with Gasteiger partial charge in [-0.2, -0.15) is 0 Å². The number of nitrogens with two attached hydrogens (primary N) is 2. The predicted octanol–water partition coefficient (Wildman–Crippen LogP) is 1.71. The van der Waals surface area contributed by atoms with Gasteiger partial charge in [0, 0.05) is 24.0 Å². The van der Waals surface area contributed by atoms with Crippen LogP contribution in [-0.2, 0) is 9.53 Å². The summed E-state index contributed by atoms with van der Waals surface area (Å²) in [6.45, 7) is 0.488. The Morgan fingerprint density at radius 2 is 1.96 bits per heavy atom. The molecular formula is C18H22N4O4. The number of phenols is 1. The van der Waals surface area contributed by atoms with E-state index >= 15 is 0 Å². The average molecular weight is 358 g/mol. The number of nitrogens with zero attached hydrogens (tertiary/aromatic N) is 1. The fraction of sp³-hybridized carbons (Fsp3) is 0.278. The van der Waals surface area contributed by atoms with Crippen molar-refractivity contribution in [2.45, 2.75) is 19.3 Å². The minimum Gasteiger partial charge on any atom is -0.507 e. The minimum absolute atomic E-state index is 0.0424. The summed E-state index contributed by atoms with van der Waals surface area (Å²) in [4.78, 5) is 27.4. The number of aliphatic imine (C=N–C) groups is 1. The first-order valence-corrected chi connectivity index (χ1v) is 8.11. The van der Waals surface area contributed by atoms with Crippen LogP contribution in [0.25, 0.3) is 10.8 Å². The van der Waals surface area contributed by atoms with Crippen LogP contribution in [0, 0.1) is 0 Å². The second-order valence-corrected chi connectivity index (χ2v) is 5.73. The Morgan fingerprint density at radius 3 is 2.65 bits per heavy atom. The second kappa shape index (κ2) is 8.70. The number of rotatable bonds is 7. The van der Waals surface area contributed by atoms with E-state index in [2.05, 4.69) is 15.0 Å². The zero-order valence-corrected chi connectivity index (χ0v) is 14.5. The highest BCUT2D eigenvalue weighted by Gasteiger charge is 2.11. The summed E-state index contributed by atoms with van der Waals surface area (Å²) < 4.78 is 4.66. The number of guanidine groups is 1. The number of fused-ring (bicyclic) bond motifs is 1. The van der Waals surface area contributed by atoms with Crippen LogP contribution in [0.2, 0.25) is 0 Å². The van der Waals surface area contributed by atoms with E-state index in [1.165, 1.54) is 13.2 Å². The molecule has 0 saturated heterocycles. The van der Waals surface area contributed by atoms with Gasteiger partial charge in [0.15, 0.2) is 5.96 Å². The molecule has 0 aliphatic rings. The molecule has 0 radical (unpaired) electrons. The van der Waals surface area contributed by atoms with Gasteiger partial charge in [0.1, 0.15) is 5.75 Å². The lowest BCUT2D eigenvalue weighted by Gasteiger charge is -2.09. The summed E-state index contributed by atoms with van der Waals surface area (Å²) in [5.74, 6) is -0.683. The van der Waals surface area contributed by atoms with Crippen LogP contribution in [0.3, 0.4) is 0 Å². The third kappa shape index (κ3) is 5.10. The SMILES string of the molecule is COC(=O)c1cc(O)c2cc(NC(=O)CCCCN=C(N)N)ccc2c1. The monoisotopic (exact) mass is 358 g/mol. The molecule has 0 saturated carbocycles. The van der Waals surface area contributed by atoms with Gasteiger partial charge >= 0.3 is 5.97 Å². The normalized spacial score (nSPS) is 10.3. The van der Waals surface area contributed by atoms with Crippen molar-refractivity contribution in [3.63, 3.8) is 0 Å². The molecule has 2 aromatic rings. The lowest BCUT2D eigenvalue weighted by Crippen LogP contribution is -2.23. The molecule has 0 unspecified atom stereocenters. The number of phenolic OH excluding ortho intramolecular Hbond substituents is 1. The van der Waals surface area contributed by atoms with Crippen LogP contribution < -0.4 is 16.8 Å². The largest absolute Gasteiger partial charge is 0.507 e. The Bertz CT molecular complexity index is 844. The Hall–Kier alpha value is -3.29. The standard InChI is InChI=1S/C18H22N4O4/c1-26-17(25)12-8-11-5-6-13(10-14(11)15(23)9-12)22-16(24)4-2-3-7-21-18(19)20/h5-6,8-10,23H,2-4,7H2,1H3,(H,22,24)(H4,19,20,21). The maximum Gasteiger partial charge on any atom is 0.338 e. The van der Waals surface area contributed by atoms with Crippen LogP contribution >= 0.6 is 0 Å². The number of hydrogen-bond acceptors (Lipinski definition) is 5. The van der Waals surface area contributed by atoms with Gasteiger partial charge in [-0.3, -0.25) is 9.79 Å². The number of amides is 1. The van der Waals surface area contributed by atoms with E-state index in [0.717, 1.165) is 0 Å². The molecule has 0 atom stereocenters. The first-order valence-electron chi connectivity index (χ1n) is 8.11. The number of carbonyl (C=O) groups excluding carboxylic acids is 2. The highest BCUT2D eigenvalue weighted by molar-refractivity contribution is 6.00. The van der Waals surface area contributed by atoms with Crippen molar-refractivity contribution in [1.29, 1.82) is 0 Å². The van der Waals surface area contributed by atoms with Gasteiger partial charge in [0.25, 0.3) is 0 Å². The van der Waals surface area contributed by atoms with Gasteiger partial charge in [-0.05, 0) is 42.5 Å². The fourth-order valence-corrected chi connectivity index (χ4v) is 2.48. The number of ether oxygens (including phenoxy) is 1. The zero-order chi connectivity index (χ0) is 19.1. The summed E-state index contributed by atoms with van der Waals surface area (Å²) in [5, 5.41) is 14.1. The number of aromatic hydroxyl groups is 1. The molecule has 0 fully saturated rings. The van der Waals surface area contributed by atoms with Crippen molar-refractivity contribution in [3.05, 3.63) is 35.9 Å². The Kier molecular flexibility index (Phi) is 6.37. The van der Waals surface area contributed by atoms with Gasteiger partial charge in [0.05, 0.1) is 12.7 Å². The van der Waals surface area contributed by atoms with E-state index in [0.29, 0.717) is 42.3 Å². The van der Waals surface area contributed by atoms with Crippen LogP contribution in [0.4, 0.5) is 5.69 Å². The maximum absolute atomic E-state index is 12.0. The smallest absolute Gasteiger partial charge is 0.338 e. The molecule has 0 aliphatic carbocycles. The van der Waals surface area contributed by atoms with E-state index in [4.69, 9.17) is 11.5 Å². The van der Waals surface area contributed by atoms with Gasteiger partial charge in [-0.1, -0.05) is 6.07 Å². The minimum atomic E-state index is -0.527. The summed E-state index contributed by atoms with van der Waals surface area (Å²) in [5.41, 5.74) is 11.3. The fourth-order valence-electron chi connectivity index (χ4n) is 2.48. The number of benzene rings is 2. The average Bonchev–Trinajstić information content (AvgIpc) is 2.60. The Balaban J connectivity index is 2.02. The van der Waals surface area contributed by atoms with Crippen molar-refractivity contribution in [1.82, 2.24) is 0 Å². The van der Waals surface area contributed by atoms with E-state index in [9.17, 15) is 14.7 Å². The highest BCUT2D eigenvalue weighted by atomic mass is 16.5. The summed E-state index contributed by atoms with van der Waals surface area (Å²) in [6.07, 6.45) is 1.70. The van der Waals surface area contributed by atoms with Crippen LogP contribution in [0.1, 0.15) is 29.6 Å². The van der Waals surface area contributed by atoms with Crippen molar-refractivity contribution >= 4 is 34.3 Å². The molecular weight excluding hydrogens is 336 g/mol. The first kappa shape index (κ1) is 19.0. The highest BCUT2D eigenvalue weighted by Crippen LogP contribution is 2.29. The van der Waals surface area contributed by atoms with E-state index in [1.54, 1.807) is 24.3 Å². The molecule has 0 bridgehead atoms. The van der Waals surface area contributed by atoms with Crippen LogP contribution in [0.15, 0.2) is 35.3 Å². The number of carbonyl (C=O) groups is 2. The van der Waals surface area contributed by atoms with Gasteiger partial charge in [-0.25, -0.2) is 4.79 Å². The zero-order valence-electron chi connectivity index (χ0n) is 14.5. The third-order valence-electron chi connectivity index (χ3n) is 3.74. The Morgan fingerprint density at radius 1 is 1.19 bits per heavy atom. The molecule has 26 heavy (non-hydrogen) atoms. The lowest BCUT2D eigenvalue weighted by molar-refractivity contribution is -0.116. The molecule has 8 heteroatoms. The number of anilines is 1. The number of nitrogens with one attached hydrogen (secondary N) is 1. The molecule has 8 nitrogen and oxygen atoms in total. The molecule has 1 amide bonds. The third-order valence-corrected chi connectivity index (χ3v) is 3.74. The van der Waals surface area contributed by atoms with Crippen LogP contribution in [-0.4, -0.2) is 36.6 Å². The molecule has 0 aromatic heterocycles. The van der Waals surface area contributed by atoms with Gasteiger partial charge in [-0.15, -0.1) is 0 Å². The van der Waals surface area contributed by atoms with Gasteiger partial charge in [0.2, 0.25) is 5.91 Å². The predicted molar refractivity (Wildman–Crippen MR) is 100 cm³/mol.